The summed E-state index contributed by atoms with van der Waals surface area (Å²) in [5.74, 6) is 3.71. The molecule has 0 fully saturated rings. The second-order valence-electron chi connectivity index (χ2n) is 11.0. The Balaban J connectivity index is 1.17. The van der Waals surface area contributed by atoms with Crippen molar-refractivity contribution < 1.29 is 0 Å². The number of allylic oxidation sites excluding steroid dienone is 7. The van der Waals surface area contributed by atoms with Crippen LogP contribution in [0.25, 0.3) is 11.1 Å². The van der Waals surface area contributed by atoms with Crippen molar-refractivity contribution in [3.63, 3.8) is 0 Å². The van der Waals surface area contributed by atoms with E-state index in [4.69, 9.17) is 6.42 Å². The minimum atomic E-state index is 0.127. The van der Waals surface area contributed by atoms with E-state index < -0.39 is 0 Å². The maximum Gasteiger partial charge on any atom is 0.0698 e. The highest BCUT2D eigenvalue weighted by Crippen LogP contribution is 2.46. The molecule has 0 spiro atoms. The summed E-state index contributed by atoms with van der Waals surface area (Å²) in [7, 11) is 0. The van der Waals surface area contributed by atoms with Gasteiger partial charge in [0.05, 0.1) is 18.0 Å². The minimum Gasteiger partial charge on any atom is -0.334 e. The van der Waals surface area contributed by atoms with Crippen molar-refractivity contribution in [1.29, 1.82) is 0 Å². The van der Waals surface area contributed by atoms with Crippen LogP contribution < -0.4 is 9.80 Å². The molecular formula is C37H34N2. The van der Waals surface area contributed by atoms with Crippen LogP contribution in [-0.4, -0.2) is 12.1 Å². The molecule has 0 amide bonds. The van der Waals surface area contributed by atoms with Crippen LogP contribution >= 0.6 is 0 Å². The lowest BCUT2D eigenvalue weighted by molar-refractivity contribution is 0.658. The van der Waals surface area contributed by atoms with Gasteiger partial charge in [-0.1, -0.05) is 78.8 Å². The zero-order valence-corrected chi connectivity index (χ0v) is 22.5. The lowest BCUT2D eigenvalue weighted by Gasteiger charge is -2.30. The summed E-state index contributed by atoms with van der Waals surface area (Å²) >= 11 is 0. The average Bonchev–Trinajstić information content (AvgIpc) is 3.50. The fraction of sp³-hybridized carbons (Fsp3) is 0.243. The van der Waals surface area contributed by atoms with Crippen molar-refractivity contribution in [2.45, 2.75) is 44.7 Å². The summed E-state index contributed by atoms with van der Waals surface area (Å²) in [5, 5.41) is 0. The normalized spacial score (nSPS) is 26.9. The largest absolute Gasteiger partial charge is 0.334 e. The van der Waals surface area contributed by atoms with E-state index in [1.54, 1.807) is 5.57 Å². The molecule has 0 radical (unpaired) electrons. The Morgan fingerprint density at radius 1 is 0.769 bits per heavy atom. The molecule has 2 aliphatic heterocycles. The number of benzene rings is 2. The number of nitrogens with zero attached hydrogens (tertiary/aromatic N) is 2. The molecule has 192 valence electrons. The van der Waals surface area contributed by atoms with Crippen molar-refractivity contribution in [2.75, 3.05) is 9.80 Å². The molecule has 0 N–H and O–H groups in total. The molecule has 0 aromatic heterocycles. The van der Waals surface area contributed by atoms with Gasteiger partial charge in [-0.3, -0.25) is 0 Å². The number of fused-ring (bicyclic) bond motifs is 2. The number of anilines is 2. The van der Waals surface area contributed by atoms with Gasteiger partial charge in [-0.05, 0) is 91.3 Å². The molecule has 4 atom stereocenters. The first-order valence-corrected chi connectivity index (χ1v) is 14.3. The Morgan fingerprint density at radius 3 is 2.00 bits per heavy atom. The number of hydrogen-bond acceptors (Lipinski definition) is 2. The molecule has 0 saturated heterocycles. The van der Waals surface area contributed by atoms with Crippen LogP contribution in [0.5, 0.6) is 0 Å². The van der Waals surface area contributed by atoms with Crippen molar-refractivity contribution in [2.24, 2.45) is 11.8 Å². The van der Waals surface area contributed by atoms with E-state index in [9.17, 15) is 0 Å². The predicted molar refractivity (Wildman–Crippen MR) is 164 cm³/mol. The topological polar surface area (TPSA) is 6.48 Å². The van der Waals surface area contributed by atoms with E-state index in [-0.39, 0.29) is 12.0 Å². The van der Waals surface area contributed by atoms with Gasteiger partial charge in [0, 0.05) is 28.7 Å². The van der Waals surface area contributed by atoms with Gasteiger partial charge in [0.1, 0.15) is 0 Å². The molecule has 0 bridgehead atoms. The zero-order chi connectivity index (χ0) is 26.3. The third-order valence-corrected chi connectivity index (χ3v) is 8.90. The van der Waals surface area contributed by atoms with Crippen LogP contribution in [0.4, 0.5) is 11.4 Å². The quantitative estimate of drug-likeness (QED) is 0.303. The van der Waals surface area contributed by atoms with E-state index in [1.165, 1.54) is 39.5 Å². The molecule has 2 heterocycles. The zero-order valence-electron chi connectivity index (χ0n) is 22.5. The fourth-order valence-corrected chi connectivity index (χ4v) is 7.15. The summed E-state index contributed by atoms with van der Waals surface area (Å²) in [6.45, 7) is 2.08. The van der Waals surface area contributed by atoms with Crippen molar-refractivity contribution >= 4 is 11.4 Å². The highest BCUT2D eigenvalue weighted by atomic mass is 15.2. The highest BCUT2D eigenvalue weighted by Gasteiger charge is 2.39. The molecule has 4 unspecified atom stereocenters. The van der Waals surface area contributed by atoms with E-state index >= 15 is 0 Å². The third-order valence-electron chi connectivity index (χ3n) is 8.90. The lowest BCUT2D eigenvalue weighted by atomic mass is 9.87. The van der Waals surface area contributed by atoms with Gasteiger partial charge in [0.25, 0.3) is 0 Å². The first-order valence-electron chi connectivity index (χ1n) is 14.3. The van der Waals surface area contributed by atoms with Crippen LogP contribution in [-0.2, 0) is 0 Å². The number of rotatable bonds is 4. The second-order valence-corrected chi connectivity index (χ2v) is 11.0. The molecule has 2 aromatic rings. The van der Waals surface area contributed by atoms with Crippen molar-refractivity contribution in [3.05, 3.63) is 132 Å². The Bertz CT molecular complexity index is 1530. The Labute approximate surface area is 232 Å². The van der Waals surface area contributed by atoms with Gasteiger partial charge in [-0.2, -0.15) is 0 Å². The summed E-state index contributed by atoms with van der Waals surface area (Å²) in [5.41, 5.74) is 10.6. The molecular weight excluding hydrogens is 472 g/mol. The van der Waals surface area contributed by atoms with Crippen LogP contribution in [0.1, 0.15) is 32.6 Å². The van der Waals surface area contributed by atoms with Crippen LogP contribution in [0.3, 0.4) is 0 Å². The Morgan fingerprint density at radius 2 is 1.36 bits per heavy atom. The average molecular weight is 507 g/mol. The first kappa shape index (κ1) is 23.9. The highest BCUT2D eigenvalue weighted by molar-refractivity contribution is 5.73. The Kier molecular flexibility index (Phi) is 6.01. The summed E-state index contributed by atoms with van der Waals surface area (Å²) in [6.07, 6.45) is 33.2. The maximum atomic E-state index is 6.05. The molecule has 3 aliphatic carbocycles. The molecule has 0 saturated carbocycles. The molecule has 5 aliphatic rings. The molecule has 2 aromatic carbocycles. The SMILES string of the molecule is C#CC1C2=C(C=CCC2)N(c2ccc(-c3ccc(N4C5=C(CCC=C5)C5C=CC=CC54)cc3)cc2)C1/C=C\C. The summed E-state index contributed by atoms with van der Waals surface area (Å²) < 4.78 is 0. The van der Waals surface area contributed by atoms with Gasteiger partial charge < -0.3 is 9.80 Å². The standard InChI is InChI=1S/C37H34N2/c1-3-11-34-30(4-2)31-12-5-8-15-35(31)38(34)28-22-18-26(19-23-28)27-20-24-29(25-21-27)39-36-16-9-6-13-32(36)33-14-7-10-17-37(33)39/h2-3,6,8-11,13,15-25,30,32,34,36H,5,7,12,14H2,1H3/b11-3-. The van der Waals surface area contributed by atoms with Crippen LogP contribution in [0, 0.1) is 24.2 Å². The van der Waals surface area contributed by atoms with Gasteiger partial charge in [-0.25, -0.2) is 0 Å². The molecule has 2 nitrogen and oxygen atoms in total. The number of terminal acetylenes is 1. The van der Waals surface area contributed by atoms with E-state index in [1.807, 2.05) is 0 Å². The summed E-state index contributed by atoms with van der Waals surface area (Å²) in [4.78, 5) is 4.96. The van der Waals surface area contributed by atoms with Gasteiger partial charge in [0.2, 0.25) is 0 Å². The van der Waals surface area contributed by atoms with Crippen molar-refractivity contribution in [3.8, 4) is 23.5 Å². The molecule has 39 heavy (non-hydrogen) atoms. The van der Waals surface area contributed by atoms with Crippen LogP contribution in [0.15, 0.2) is 132 Å². The maximum absolute atomic E-state index is 6.05. The van der Waals surface area contributed by atoms with E-state index in [0.29, 0.717) is 12.0 Å². The predicted octanol–water partition coefficient (Wildman–Crippen LogP) is 8.51. The molecule has 7 rings (SSSR count). The second kappa shape index (κ2) is 9.83. The summed E-state index contributed by atoms with van der Waals surface area (Å²) in [6, 6.07) is 18.6. The number of hydrogen-bond donors (Lipinski definition) is 0. The first-order chi connectivity index (χ1) is 19.3. The monoisotopic (exact) mass is 506 g/mol. The third kappa shape index (κ3) is 3.88. The van der Waals surface area contributed by atoms with Crippen LogP contribution in [0.2, 0.25) is 0 Å². The van der Waals surface area contributed by atoms with Gasteiger partial charge in [0.15, 0.2) is 0 Å². The molecule has 2 heteroatoms. The van der Waals surface area contributed by atoms with E-state index in [2.05, 4.69) is 132 Å². The smallest absolute Gasteiger partial charge is 0.0698 e. The van der Waals surface area contributed by atoms with Gasteiger partial charge >= 0.3 is 0 Å². The van der Waals surface area contributed by atoms with Gasteiger partial charge in [-0.15, -0.1) is 6.42 Å². The van der Waals surface area contributed by atoms with Crippen molar-refractivity contribution in [1.82, 2.24) is 0 Å². The lowest BCUT2D eigenvalue weighted by Crippen LogP contribution is -2.32. The Hall–Kier alpha value is -4.22. The van der Waals surface area contributed by atoms with E-state index in [0.717, 1.165) is 25.7 Å². The fourth-order valence-electron chi connectivity index (χ4n) is 7.15. The minimum absolute atomic E-state index is 0.127.